The van der Waals surface area contributed by atoms with Crippen molar-refractivity contribution in [2.45, 2.75) is 6.92 Å². The van der Waals surface area contributed by atoms with Crippen LogP contribution in [-0.2, 0) is 0 Å². The number of nitrogens with zero attached hydrogens (tertiary/aromatic N) is 2. The predicted octanol–water partition coefficient (Wildman–Crippen LogP) is 3.86. The fourth-order valence-electron chi connectivity index (χ4n) is 2.07. The SMILES string of the molecule is [CH2]c1ccccc1Nc1nnc2ccccc2c1C. The maximum atomic E-state index is 4.25. The molecule has 3 aromatic rings. The second kappa shape index (κ2) is 4.69. The number of para-hydroxylation sites is 1. The molecule has 3 heteroatoms. The van der Waals surface area contributed by atoms with Crippen LogP contribution in [0.4, 0.5) is 11.5 Å². The Labute approximate surface area is 112 Å². The molecule has 19 heavy (non-hydrogen) atoms. The van der Waals surface area contributed by atoms with Gasteiger partial charge in [-0.05, 0) is 31.5 Å². The maximum Gasteiger partial charge on any atom is 0.156 e. The molecular weight excluding hydrogens is 234 g/mol. The van der Waals surface area contributed by atoms with E-state index in [2.05, 4.69) is 28.5 Å². The van der Waals surface area contributed by atoms with Crippen molar-refractivity contribution < 1.29 is 0 Å². The highest BCUT2D eigenvalue weighted by Gasteiger charge is 2.07. The standard InChI is InChI=1S/C16H14N3/c1-11-7-3-5-9-14(11)17-16-12(2)13-8-4-6-10-15(13)18-19-16/h3-10H,1H2,2H3,(H,17,19). The second-order valence-corrected chi connectivity index (χ2v) is 4.47. The zero-order valence-electron chi connectivity index (χ0n) is 10.7. The lowest BCUT2D eigenvalue weighted by atomic mass is 10.1. The number of nitrogens with one attached hydrogen (secondary N) is 1. The molecule has 0 atom stereocenters. The monoisotopic (exact) mass is 248 g/mol. The van der Waals surface area contributed by atoms with Crippen LogP contribution in [0.3, 0.4) is 0 Å². The highest BCUT2D eigenvalue weighted by Crippen LogP contribution is 2.25. The summed E-state index contributed by atoms with van der Waals surface area (Å²) in [6.07, 6.45) is 0. The number of benzene rings is 2. The van der Waals surface area contributed by atoms with E-state index in [9.17, 15) is 0 Å². The van der Waals surface area contributed by atoms with Gasteiger partial charge in [-0.25, -0.2) is 0 Å². The fourth-order valence-corrected chi connectivity index (χ4v) is 2.07. The van der Waals surface area contributed by atoms with Crippen LogP contribution in [0.15, 0.2) is 48.5 Å². The molecule has 1 heterocycles. The average Bonchev–Trinajstić information content (AvgIpc) is 2.44. The average molecular weight is 248 g/mol. The summed E-state index contributed by atoms with van der Waals surface area (Å²) >= 11 is 0. The van der Waals surface area contributed by atoms with E-state index in [1.165, 1.54) is 0 Å². The van der Waals surface area contributed by atoms with Gasteiger partial charge in [-0.2, -0.15) is 0 Å². The minimum absolute atomic E-state index is 0.773. The number of aromatic nitrogens is 2. The lowest BCUT2D eigenvalue weighted by Crippen LogP contribution is -2.00. The number of aryl methyl sites for hydroxylation is 1. The van der Waals surface area contributed by atoms with Gasteiger partial charge in [-0.3, -0.25) is 0 Å². The van der Waals surface area contributed by atoms with Gasteiger partial charge >= 0.3 is 0 Å². The van der Waals surface area contributed by atoms with Gasteiger partial charge in [0.25, 0.3) is 0 Å². The smallest absolute Gasteiger partial charge is 0.156 e. The van der Waals surface area contributed by atoms with Crippen molar-refractivity contribution in [3.05, 3.63) is 66.6 Å². The van der Waals surface area contributed by atoms with Gasteiger partial charge in [-0.15, -0.1) is 10.2 Å². The van der Waals surface area contributed by atoms with Gasteiger partial charge in [0, 0.05) is 16.6 Å². The van der Waals surface area contributed by atoms with Crippen LogP contribution < -0.4 is 5.32 Å². The molecule has 3 nitrogen and oxygen atoms in total. The van der Waals surface area contributed by atoms with Crippen molar-refractivity contribution in [2.75, 3.05) is 5.32 Å². The summed E-state index contributed by atoms with van der Waals surface area (Å²) in [6.45, 7) is 6.04. The molecule has 0 aliphatic carbocycles. The van der Waals surface area contributed by atoms with Crippen molar-refractivity contribution in [3.8, 4) is 0 Å². The number of anilines is 2. The fraction of sp³-hybridized carbons (Fsp3) is 0.0625. The quantitative estimate of drug-likeness (QED) is 0.748. The molecule has 0 aliphatic rings. The molecule has 1 aromatic heterocycles. The largest absolute Gasteiger partial charge is 0.338 e. The van der Waals surface area contributed by atoms with Crippen LogP contribution in [0.25, 0.3) is 10.9 Å². The van der Waals surface area contributed by atoms with Crippen LogP contribution >= 0.6 is 0 Å². The number of rotatable bonds is 2. The first-order valence-corrected chi connectivity index (χ1v) is 6.16. The molecular formula is C16H14N3. The molecule has 0 saturated heterocycles. The molecule has 0 unspecified atom stereocenters. The summed E-state index contributed by atoms with van der Waals surface area (Å²) in [5, 5.41) is 12.9. The Bertz CT molecular complexity index is 735. The van der Waals surface area contributed by atoms with E-state index in [0.29, 0.717) is 0 Å². The Balaban J connectivity index is 2.07. The van der Waals surface area contributed by atoms with Gasteiger partial charge in [-0.1, -0.05) is 36.4 Å². The first-order chi connectivity index (χ1) is 9.25. The molecule has 93 valence electrons. The van der Waals surface area contributed by atoms with Crippen molar-refractivity contribution in [1.29, 1.82) is 0 Å². The third-order valence-corrected chi connectivity index (χ3v) is 3.19. The molecule has 2 aromatic carbocycles. The molecule has 0 bridgehead atoms. The van der Waals surface area contributed by atoms with Crippen molar-refractivity contribution in [1.82, 2.24) is 10.2 Å². The Morgan fingerprint density at radius 3 is 2.53 bits per heavy atom. The Morgan fingerprint density at radius 1 is 0.947 bits per heavy atom. The summed E-state index contributed by atoms with van der Waals surface area (Å²) < 4.78 is 0. The van der Waals surface area contributed by atoms with E-state index in [4.69, 9.17) is 0 Å². The minimum atomic E-state index is 0.773. The second-order valence-electron chi connectivity index (χ2n) is 4.47. The van der Waals surface area contributed by atoms with Crippen molar-refractivity contribution in [3.63, 3.8) is 0 Å². The molecule has 0 aliphatic heterocycles. The highest BCUT2D eigenvalue weighted by molar-refractivity contribution is 5.85. The zero-order chi connectivity index (χ0) is 13.2. The lowest BCUT2D eigenvalue weighted by Gasteiger charge is -2.11. The topological polar surface area (TPSA) is 37.8 Å². The van der Waals surface area contributed by atoms with Crippen LogP contribution in [-0.4, -0.2) is 10.2 Å². The maximum absolute atomic E-state index is 4.25. The molecule has 0 amide bonds. The van der Waals surface area contributed by atoms with Crippen molar-refractivity contribution >= 4 is 22.4 Å². The third kappa shape index (κ3) is 2.15. The van der Waals surface area contributed by atoms with Crippen LogP contribution in [0, 0.1) is 13.8 Å². The van der Waals surface area contributed by atoms with Crippen LogP contribution in [0.5, 0.6) is 0 Å². The summed E-state index contributed by atoms with van der Waals surface area (Å²) in [4.78, 5) is 0. The van der Waals surface area contributed by atoms with Crippen LogP contribution in [0.1, 0.15) is 11.1 Å². The number of fused-ring (bicyclic) bond motifs is 1. The van der Waals surface area contributed by atoms with E-state index in [1.54, 1.807) is 0 Å². The van der Waals surface area contributed by atoms with Gasteiger partial charge in [0.2, 0.25) is 0 Å². The normalized spacial score (nSPS) is 10.6. The summed E-state index contributed by atoms with van der Waals surface area (Å²) in [5.74, 6) is 0.773. The first kappa shape index (κ1) is 11.7. The summed E-state index contributed by atoms with van der Waals surface area (Å²) in [6, 6.07) is 15.9. The summed E-state index contributed by atoms with van der Waals surface area (Å²) in [7, 11) is 0. The predicted molar refractivity (Wildman–Crippen MR) is 78.5 cm³/mol. The number of hydrogen-bond acceptors (Lipinski definition) is 3. The van der Waals surface area contributed by atoms with Gasteiger partial charge in [0.05, 0.1) is 5.52 Å². The first-order valence-electron chi connectivity index (χ1n) is 6.16. The Morgan fingerprint density at radius 2 is 1.68 bits per heavy atom. The van der Waals surface area contributed by atoms with E-state index in [0.717, 1.165) is 33.5 Å². The van der Waals surface area contributed by atoms with E-state index >= 15 is 0 Å². The van der Waals surface area contributed by atoms with E-state index < -0.39 is 0 Å². The minimum Gasteiger partial charge on any atom is -0.338 e. The molecule has 0 spiro atoms. The molecule has 1 N–H and O–H groups in total. The van der Waals surface area contributed by atoms with Gasteiger partial charge in [0.1, 0.15) is 0 Å². The van der Waals surface area contributed by atoms with E-state index in [1.807, 2.05) is 49.4 Å². The molecule has 0 fully saturated rings. The van der Waals surface area contributed by atoms with Crippen molar-refractivity contribution in [2.24, 2.45) is 0 Å². The molecule has 3 rings (SSSR count). The molecule has 1 radical (unpaired) electrons. The third-order valence-electron chi connectivity index (χ3n) is 3.19. The molecule has 0 saturated carbocycles. The lowest BCUT2D eigenvalue weighted by molar-refractivity contribution is 1.07. The zero-order valence-corrected chi connectivity index (χ0v) is 10.7. The van der Waals surface area contributed by atoms with Gasteiger partial charge < -0.3 is 5.32 Å². The highest BCUT2D eigenvalue weighted by atomic mass is 15.2. The van der Waals surface area contributed by atoms with E-state index in [-0.39, 0.29) is 0 Å². The summed E-state index contributed by atoms with van der Waals surface area (Å²) in [5.41, 5.74) is 3.90. The van der Waals surface area contributed by atoms with Crippen LogP contribution in [0.2, 0.25) is 0 Å². The Hall–Kier alpha value is -2.42. The Kier molecular flexibility index (Phi) is 2.88. The van der Waals surface area contributed by atoms with Gasteiger partial charge in [0.15, 0.2) is 5.82 Å². The number of hydrogen-bond donors (Lipinski definition) is 1.